The Bertz CT molecular complexity index is 605. The minimum absolute atomic E-state index is 0.277. The smallest absolute Gasteiger partial charge is 0.168 e. The van der Waals surface area contributed by atoms with Gasteiger partial charge in [0.1, 0.15) is 5.75 Å². The van der Waals surface area contributed by atoms with Crippen LogP contribution >= 0.6 is 0 Å². The van der Waals surface area contributed by atoms with Crippen LogP contribution in [0.2, 0.25) is 0 Å². The van der Waals surface area contributed by atoms with E-state index in [2.05, 4.69) is 26.8 Å². The van der Waals surface area contributed by atoms with Gasteiger partial charge in [-0.15, -0.1) is 0 Å². The molecule has 3 nitrogen and oxygen atoms in total. The van der Waals surface area contributed by atoms with Gasteiger partial charge in [-0.1, -0.05) is 33.3 Å². The number of hydrogen-bond acceptors (Lipinski definition) is 3. The summed E-state index contributed by atoms with van der Waals surface area (Å²) in [6, 6.07) is 5.92. The number of hydrogen-bond donors (Lipinski definition) is 1. The lowest BCUT2D eigenvalue weighted by atomic mass is 9.52. The van der Waals surface area contributed by atoms with Crippen molar-refractivity contribution in [3.8, 4) is 5.75 Å². The topological polar surface area (TPSA) is 38.7 Å². The zero-order valence-electron chi connectivity index (χ0n) is 16.5. The molecule has 0 saturated heterocycles. The second-order valence-corrected chi connectivity index (χ2v) is 8.84. The maximum Gasteiger partial charge on any atom is 0.168 e. The van der Waals surface area contributed by atoms with Crippen LogP contribution in [0.3, 0.4) is 0 Å². The molecule has 1 N–H and O–H groups in total. The number of phenols is 1. The van der Waals surface area contributed by atoms with Crippen molar-refractivity contribution >= 4 is 0 Å². The Morgan fingerprint density at radius 3 is 2.56 bits per heavy atom. The molecule has 0 unspecified atom stereocenters. The third-order valence-corrected chi connectivity index (χ3v) is 7.07. The van der Waals surface area contributed by atoms with Gasteiger partial charge in [-0.25, -0.2) is 0 Å². The van der Waals surface area contributed by atoms with E-state index in [9.17, 15) is 5.11 Å². The Balaban J connectivity index is 2.00. The van der Waals surface area contributed by atoms with Gasteiger partial charge in [0.15, 0.2) is 5.79 Å². The fourth-order valence-electron chi connectivity index (χ4n) is 5.30. The van der Waals surface area contributed by atoms with Gasteiger partial charge in [0.25, 0.3) is 0 Å². The molecule has 0 aliphatic heterocycles. The SMILES string of the molecule is COC1(OC)C[C@H](CCC(C)C)[C@]2(C)CCc3cc(O)ccc3[C@H]2C1. The van der Waals surface area contributed by atoms with E-state index in [1.165, 1.54) is 30.4 Å². The predicted octanol–water partition coefficient (Wildman–Crippen LogP) is 5.26. The van der Waals surface area contributed by atoms with Crippen molar-refractivity contribution in [1.82, 2.24) is 0 Å². The van der Waals surface area contributed by atoms with E-state index in [0.29, 0.717) is 17.6 Å². The maximum absolute atomic E-state index is 9.89. The van der Waals surface area contributed by atoms with Crippen LogP contribution in [0.15, 0.2) is 18.2 Å². The molecule has 0 amide bonds. The van der Waals surface area contributed by atoms with E-state index in [0.717, 1.165) is 25.2 Å². The summed E-state index contributed by atoms with van der Waals surface area (Å²) in [6.45, 7) is 7.09. The number of fused-ring (bicyclic) bond motifs is 3. The average Bonchev–Trinajstić information content (AvgIpc) is 2.59. The fourth-order valence-corrected chi connectivity index (χ4v) is 5.30. The summed E-state index contributed by atoms with van der Waals surface area (Å²) in [4.78, 5) is 0. The Hall–Kier alpha value is -1.06. The minimum atomic E-state index is -0.488. The summed E-state index contributed by atoms with van der Waals surface area (Å²) >= 11 is 0. The number of benzene rings is 1. The summed E-state index contributed by atoms with van der Waals surface area (Å²) in [6.07, 6.45) is 6.59. The number of phenolic OH excluding ortho intramolecular Hbond substituents is 1. The molecule has 25 heavy (non-hydrogen) atoms. The number of rotatable bonds is 5. The van der Waals surface area contributed by atoms with Gasteiger partial charge < -0.3 is 14.6 Å². The van der Waals surface area contributed by atoms with Crippen molar-refractivity contribution in [3.63, 3.8) is 0 Å². The lowest BCUT2D eigenvalue weighted by Crippen LogP contribution is -2.52. The zero-order chi connectivity index (χ0) is 18.2. The fraction of sp³-hybridized carbons (Fsp3) is 0.727. The van der Waals surface area contributed by atoms with E-state index in [1.807, 2.05) is 12.1 Å². The van der Waals surface area contributed by atoms with Crippen LogP contribution in [0.5, 0.6) is 5.75 Å². The molecule has 3 heteroatoms. The van der Waals surface area contributed by atoms with Gasteiger partial charge in [0.05, 0.1) is 0 Å². The average molecular weight is 347 g/mol. The standard InChI is InChI=1S/C22H34O3/c1-15(2)6-7-17-13-22(24-4,25-5)14-20-19-9-8-18(23)12-16(19)10-11-21(17,20)3/h8-9,12,15,17,20,23H,6-7,10-11,13-14H2,1-5H3/t17-,20+,21-/m0/s1. The highest BCUT2D eigenvalue weighted by Crippen LogP contribution is 2.60. The van der Waals surface area contributed by atoms with Crippen LogP contribution in [0.1, 0.15) is 69.9 Å². The Morgan fingerprint density at radius 1 is 1.20 bits per heavy atom. The van der Waals surface area contributed by atoms with Crippen LogP contribution in [0.4, 0.5) is 0 Å². The molecule has 0 heterocycles. The normalized spacial score (nSPS) is 30.8. The minimum Gasteiger partial charge on any atom is -0.508 e. The van der Waals surface area contributed by atoms with E-state index < -0.39 is 5.79 Å². The van der Waals surface area contributed by atoms with Gasteiger partial charge in [-0.2, -0.15) is 0 Å². The summed E-state index contributed by atoms with van der Waals surface area (Å²) in [5.41, 5.74) is 2.96. The van der Waals surface area contributed by atoms with Crippen molar-refractivity contribution in [2.45, 2.75) is 71.0 Å². The first-order valence-corrected chi connectivity index (χ1v) is 9.75. The predicted molar refractivity (Wildman–Crippen MR) is 101 cm³/mol. The number of aryl methyl sites for hydroxylation is 1. The molecule has 0 aromatic heterocycles. The second kappa shape index (κ2) is 6.92. The van der Waals surface area contributed by atoms with Crippen molar-refractivity contribution in [1.29, 1.82) is 0 Å². The van der Waals surface area contributed by atoms with Gasteiger partial charge in [-0.3, -0.25) is 0 Å². The monoisotopic (exact) mass is 346 g/mol. The quantitative estimate of drug-likeness (QED) is 0.739. The molecule has 0 spiro atoms. The van der Waals surface area contributed by atoms with Crippen LogP contribution in [0.25, 0.3) is 0 Å². The summed E-state index contributed by atoms with van der Waals surface area (Å²) in [5, 5.41) is 9.89. The molecule has 2 aliphatic rings. The highest BCUT2D eigenvalue weighted by Gasteiger charge is 2.54. The van der Waals surface area contributed by atoms with Gasteiger partial charge in [-0.05, 0) is 65.7 Å². The molecule has 3 rings (SSSR count). The summed E-state index contributed by atoms with van der Waals surface area (Å²) in [7, 11) is 3.57. The Morgan fingerprint density at radius 2 is 1.92 bits per heavy atom. The molecule has 140 valence electrons. The van der Waals surface area contributed by atoms with E-state index in [4.69, 9.17) is 9.47 Å². The highest BCUT2D eigenvalue weighted by atomic mass is 16.7. The first kappa shape index (κ1) is 18.7. The molecular formula is C22H34O3. The largest absolute Gasteiger partial charge is 0.508 e. The van der Waals surface area contributed by atoms with E-state index in [1.54, 1.807) is 14.2 Å². The lowest BCUT2D eigenvalue weighted by Gasteiger charge is -2.56. The van der Waals surface area contributed by atoms with Crippen LogP contribution in [-0.2, 0) is 15.9 Å². The Kier molecular flexibility index (Phi) is 5.18. The molecule has 0 radical (unpaired) electrons. The maximum atomic E-state index is 9.89. The van der Waals surface area contributed by atoms with Gasteiger partial charge in [0, 0.05) is 27.1 Å². The molecule has 3 atom stereocenters. The van der Waals surface area contributed by atoms with Crippen LogP contribution in [-0.4, -0.2) is 25.1 Å². The first-order chi connectivity index (χ1) is 11.8. The molecule has 0 bridgehead atoms. The third kappa shape index (κ3) is 3.33. The molecule has 1 saturated carbocycles. The molecular weight excluding hydrogens is 312 g/mol. The summed E-state index contributed by atoms with van der Waals surface area (Å²) in [5.74, 6) is 1.62. The van der Waals surface area contributed by atoms with Crippen molar-refractivity contribution < 1.29 is 14.6 Å². The van der Waals surface area contributed by atoms with Crippen molar-refractivity contribution in [2.75, 3.05) is 14.2 Å². The van der Waals surface area contributed by atoms with Crippen LogP contribution in [0, 0.1) is 17.3 Å². The first-order valence-electron chi connectivity index (χ1n) is 9.75. The molecule has 1 aromatic rings. The highest BCUT2D eigenvalue weighted by molar-refractivity contribution is 5.41. The number of aromatic hydroxyl groups is 1. The van der Waals surface area contributed by atoms with Gasteiger partial charge in [0.2, 0.25) is 0 Å². The number of ether oxygens (including phenoxy) is 2. The second-order valence-electron chi connectivity index (χ2n) is 8.84. The molecule has 1 aromatic carbocycles. The van der Waals surface area contributed by atoms with E-state index in [-0.39, 0.29) is 5.41 Å². The van der Waals surface area contributed by atoms with Crippen molar-refractivity contribution in [2.24, 2.45) is 17.3 Å². The van der Waals surface area contributed by atoms with Crippen LogP contribution < -0.4 is 0 Å². The molecule has 2 aliphatic carbocycles. The lowest BCUT2D eigenvalue weighted by molar-refractivity contribution is -0.253. The van der Waals surface area contributed by atoms with E-state index >= 15 is 0 Å². The Labute approximate surface area is 152 Å². The zero-order valence-corrected chi connectivity index (χ0v) is 16.5. The molecule has 1 fully saturated rings. The number of methoxy groups -OCH3 is 2. The third-order valence-electron chi connectivity index (χ3n) is 7.07. The van der Waals surface area contributed by atoms with Gasteiger partial charge >= 0.3 is 0 Å². The van der Waals surface area contributed by atoms with Crippen molar-refractivity contribution in [3.05, 3.63) is 29.3 Å². The summed E-state index contributed by atoms with van der Waals surface area (Å²) < 4.78 is 11.9.